The van der Waals surface area contributed by atoms with E-state index < -0.39 is 0 Å². The van der Waals surface area contributed by atoms with Gasteiger partial charge < -0.3 is 0 Å². The van der Waals surface area contributed by atoms with Crippen LogP contribution in [0, 0.1) is 29.1 Å². The Kier molecular flexibility index (Phi) is 9.85. The van der Waals surface area contributed by atoms with Crippen molar-refractivity contribution in [3.8, 4) is 0 Å². The van der Waals surface area contributed by atoms with E-state index >= 15 is 0 Å². The lowest BCUT2D eigenvalue weighted by molar-refractivity contribution is -0.0113. The average Bonchev–Trinajstić information content (AvgIpc) is 2.48. The van der Waals surface area contributed by atoms with Gasteiger partial charge in [0, 0.05) is 0 Å². The molecule has 20 heavy (non-hydrogen) atoms. The van der Waals surface area contributed by atoms with Gasteiger partial charge in [0.2, 0.25) is 0 Å². The molecule has 0 aromatic carbocycles. The predicted octanol–water partition coefficient (Wildman–Crippen LogP) is 7.33. The molecular weight excluding hydrogens is 240 g/mol. The lowest BCUT2D eigenvalue weighted by Gasteiger charge is -2.50. The number of hydrogen-bond acceptors (Lipinski definition) is 0. The summed E-state index contributed by atoms with van der Waals surface area (Å²) in [4.78, 5) is 0. The molecule has 0 fully saturated rings. The van der Waals surface area contributed by atoms with Crippen molar-refractivity contribution >= 4 is 0 Å². The molecule has 0 aliphatic carbocycles. The Bertz CT molecular complexity index is 220. The first-order chi connectivity index (χ1) is 9.43. The van der Waals surface area contributed by atoms with Gasteiger partial charge in [-0.25, -0.2) is 0 Å². The van der Waals surface area contributed by atoms with Gasteiger partial charge >= 0.3 is 0 Å². The van der Waals surface area contributed by atoms with Gasteiger partial charge in [-0.05, 0) is 35.5 Å². The molecule has 0 amide bonds. The van der Waals surface area contributed by atoms with Crippen molar-refractivity contribution < 1.29 is 0 Å². The predicted molar refractivity (Wildman–Crippen MR) is 94.1 cm³/mol. The quantitative estimate of drug-likeness (QED) is 0.372. The lowest BCUT2D eigenvalue weighted by atomic mass is 9.55. The smallest absolute Gasteiger partial charge is 0.0244 e. The highest BCUT2D eigenvalue weighted by Crippen LogP contribution is 2.51. The van der Waals surface area contributed by atoms with E-state index in [4.69, 9.17) is 0 Å². The van der Waals surface area contributed by atoms with Crippen molar-refractivity contribution in [2.75, 3.05) is 0 Å². The van der Waals surface area contributed by atoms with Crippen LogP contribution in [0.15, 0.2) is 0 Å². The Morgan fingerprint density at radius 2 is 1.15 bits per heavy atom. The van der Waals surface area contributed by atoms with Gasteiger partial charge in [0.25, 0.3) is 0 Å². The first-order valence-corrected chi connectivity index (χ1v) is 9.43. The lowest BCUT2D eigenvalue weighted by Crippen LogP contribution is -2.43. The van der Waals surface area contributed by atoms with Crippen molar-refractivity contribution in [1.29, 1.82) is 0 Å². The van der Waals surface area contributed by atoms with Gasteiger partial charge in [0.1, 0.15) is 0 Å². The highest BCUT2D eigenvalue weighted by molar-refractivity contribution is 4.92. The summed E-state index contributed by atoms with van der Waals surface area (Å²) in [5.74, 6) is 3.50. The Hall–Kier alpha value is 0. The highest BCUT2D eigenvalue weighted by atomic mass is 14.5. The SMILES string of the molecule is CCCC(CC)C(CCC)C(C)(C(C)CC)C(C)CC. The van der Waals surface area contributed by atoms with E-state index in [0.29, 0.717) is 5.41 Å². The number of rotatable bonds is 11. The van der Waals surface area contributed by atoms with Crippen molar-refractivity contribution in [2.45, 2.75) is 100 Å². The maximum atomic E-state index is 2.62. The maximum Gasteiger partial charge on any atom is -0.0244 e. The van der Waals surface area contributed by atoms with Crippen LogP contribution < -0.4 is 0 Å². The van der Waals surface area contributed by atoms with Gasteiger partial charge in [0.15, 0.2) is 0 Å². The molecule has 122 valence electrons. The zero-order chi connectivity index (χ0) is 15.8. The highest BCUT2D eigenvalue weighted by Gasteiger charge is 2.43. The van der Waals surface area contributed by atoms with E-state index in [1.165, 1.54) is 44.9 Å². The van der Waals surface area contributed by atoms with Crippen molar-refractivity contribution in [1.82, 2.24) is 0 Å². The van der Waals surface area contributed by atoms with Crippen LogP contribution in [0.5, 0.6) is 0 Å². The minimum absolute atomic E-state index is 0.509. The molecule has 0 saturated carbocycles. The normalized spacial score (nSPS) is 21.0. The molecule has 4 atom stereocenters. The topological polar surface area (TPSA) is 0 Å². The summed E-state index contributed by atoms with van der Waals surface area (Å²) < 4.78 is 0. The first kappa shape index (κ1) is 20.0. The number of hydrogen-bond donors (Lipinski definition) is 0. The second-order valence-electron chi connectivity index (χ2n) is 7.34. The molecule has 0 heterocycles. The summed E-state index contributed by atoms with van der Waals surface area (Å²) in [6.07, 6.45) is 9.53. The van der Waals surface area contributed by atoms with Crippen LogP contribution in [0.3, 0.4) is 0 Å². The fraction of sp³-hybridized carbons (Fsp3) is 1.00. The summed E-state index contributed by atoms with van der Waals surface area (Å²) in [5.41, 5.74) is 0.509. The fourth-order valence-electron chi connectivity index (χ4n) is 4.52. The van der Waals surface area contributed by atoms with Gasteiger partial charge in [-0.3, -0.25) is 0 Å². The molecule has 0 spiro atoms. The van der Waals surface area contributed by atoms with Crippen molar-refractivity contribution in [3.05, 3.63) is 0 Å². The van der Waals surface area contributed by atoms with Crippen LogP contribution in [-0.4, -0.2) is 0 Å². The summed E-state index contributed by atoms with van der Waals surface area (Å²) in [5, 5.41) is 0. The third-order valence-electron chi connectivity index (χ3n) is 6.50. The molecule has 0 nitrogen and oxygen atoms in total. The second-order valence-corrected chi connectivity index (χ2v) is 7.34. The second kappa shape index (κ2) is 9.85. The third-order valence-corrected chi connectivity index (χ3v) is 6.50. The van der Waals surface area contributed by atoms with E-state index in [1.54, 1.807) is 0 Å². The minimum Gasteiger partial charge on any atom is -0.0654 e. The molecule has 0 heteroatoms. The van der Waals surface area contributed by atoms with E-state index in [1.807, 2.05) is 0 Å². The standard InChI is InChI=1S/C20H42/c1-9-14-18(13-5)19(15-10-2)20(8,16(6)11-3)17(7)12-4/h16-19H,9-15H2,1-8H3. The van der Waals surface area contributed by atoms with Crippen LogP contribution in [0.1, 0.15) is 100 Å². The van der Waals surface area contributed by atoms with Crippen molar-refractivity contribution in [3.63, 3.8) is 0 Å². The molecule has 0 N–H and O–H groups in total. The molecule has 0 aromatic rings. The molecule has 0 aliphatic rings. The third kappa shape index (κ3) is 4.50. The molecule has 0 saturated heterocycles. The van der Waals surface area contributed by atoms with Gasteiger partial charge in [-0.15, -0.1) is 0 Å². The van der Waals surface area contributed by atoms with Crippen LogP contribution in [-0.2, 0) is 0 Å². The monoisotopic (exact) mass is 282 g/mol. The van der Waals surface area contributed by atoms with Gasteiger partial charge in [-0.2, -0.15) is 0 Å². The summed E-state index contributed by atoms with van der Waals surface area (Å²) >= 11 is 0. The largest absolute Gasteiger partial charge is 0.0654 e. The van der Waals surface area contributed by atoms with Gasteiger partial charge in [-0.1, -0.05) is 93.9 Å². The zero-order valence-corrected chi connectivity index (χ0v) is 15.8. The van der Waals surface area contributed by atoms with Crippen LogP contribution in [0.25, 0.3) is 0 Å². The summed E-state index contributed by atoms with van der Waals surface area (Å²) in [6.45, 7) is 19.5. The Labute approximate surface area is 130 Å². The Balaban J connectivity index is 5.50. The fourth-order valence-corrected chi connectivity index (χ4v) is 4.52. The van der Waals surface area contributed by atoms with E-state index in [2.05, 4.69) is 55.4 Å². The van der Waals surface area contributed by atoms with Crippen LogP contribution >= 0.6 is 0 Å². The average molecular weight is 283 g/mol. The molecular formula is C20H42. The Morgan fingerprint density at radius 3 is 1.45 bits per heavy atom. The van der Waals surface area contributed by atoms with Crippen molar-refractivity contribution in [2.24, 2.45) is 29.1 Å². The maximum absolute atomic E-state index is 2.62. The molecule has 0 radical (unpaired) electrons. The first-order valence-electron chi connectivity index (χ1n) is 9.43. The molecule has 4 unspecified atom stereocenters. The van der Waals surface area contributed by atoms with E-state index in [0.717, 1.165) is 23.7 Å². The van der Waals surface area contributed by atoms with Crippen LogP contribution in [0.2, 0.25) is 0 Å². The molecule has 0 rings (SSSR count). The van der Waals surface area contributed by atoms with E-state index in [-0.39, 0.29) is 0 Å². The molecule has 0 aliphatic heterocycles. The van der Waals surface area contributed by atoms with E-state index in [9.17, 15) is 0 Å². The molecule has 0 aromatic heterocycles. The summed E-state index contributed by atoms with van der Waals surface area (Å²) in [7, 11) is 0. The minimum atomic E-state index is 0.509. The summed E-state index contributed by atoms with van der Waals surface area (Å²) in [6, 6.07) is 0. The Morgan fingerprint density at radius 1 is 0.700 bits per heavy atom. The molecule has 0 bridgehead atoms. The van der Waals surface area contributed by atoms with Crippen LogP contribution in [0.4, 0.5) is 0 Å². The zero-order valence-electron chi connectivity index (χ0n) is 15.8. The van der Waals surface area contributed by atoms with Gasteiger partial charge in [0.05, 0.1) is 0 Å².